The Hall–Kier alpha value is -0.250. The second kappa shape index (κ2) is 2.22. The molecule has 0 aliphatic carbocycles. The summed E-state index contributed by atoms with van der Waals surface area (Å²) in [6.45, 7) is 0. The SMILES string of the molecule is FC(F)(F)C(Cl)=NS(F)(F)(F)(F)F. The summed E-state index contributed by atoms with van der Waals surface area (Å²) in [7, 11) is -10.5. The summed E-state index contributed by atoms with van der Waals surface area (Å²) in [6.07, 6.45) is -5.74. The molecule has 0 bridgehead atoms. The van der Waals surface area contributed by atoms with Gasteiger partial charge in [0.2, 0.25) is 5.17 Å². The van der Waals surface area contributed by atoms with E-state index in [1.54, 1.807) is 0 Å². The highest BCUT2D eigenvalue weighted by Gasteiger charge is 2.65. The molecule has 0 rings (SSSR count). The molecule has 0 fully saturated rings. The number of rotatable bonds is 1. The van der Waals surface area contributed by atoms with Gasteiger partial charge in [0, 0.05) is 0 Å². The Balaban J connectivity index is 5.24. The van der Waals surface area contributed by atoms with Crippen LogP contribution in [-0.4, -0.2) is 11.3 Å². The highest BCUT2D eigenvalue weighted by atomic mass is 35.5. The van der Waals surface area contributed by atoms with Crippen molar-refractivity contribution in [3.05, 3.63) is 0 Å². The minimum Gasteiger partial charge on any atom is -0.164 e. The topological polar surface area (TPSA) is 12.4 Å². The molecule has 82 valence electrons. The molecule has 0 saturated carbocycles. The minimum atomic E-state index is -10.5. The van der Waals surface area contributed by atoms with Crippen molar-refractivity contribution < 1.29 is 32.6 Å². The summed E-state index contributed by atoms with van der Waals surface area (Å²) in [5, 5.41) is -3.15. The maximum absolute atomic E-state index is 11.2. The third-order valence-corrected chi connectivity index (χ3v) is 1.41. The first-order valence-electron chi connectivity index (χ1n) is 2.18. The minimum absolute atomic E-state index is 0.286. The lowest BCUT2D eigenvalue weighted by atomic mass is 10.7. The molecule has 0 aromatic heterocycles. The van der Waals surface area contributed by atoms with Gasteiger partial charge in [0.1, 0.15) is 0 Å². The zero-order chi connectivity index (χ0) is 11.2. The predicted octanol–water partition coefficient (Wildman–Crippen LogP) is 4.40. The van der Waals surface area contributed by atoms with Gasteiger partial charge >= 0.3 is 16.6 Å². The lowest BCUT2D eigenvalue weighted by molar-refractivity contribution is -0.0559. The van der Waals surface area contributed by atoms with Gasteiger partial charge in [0.05, 0.1) is 0 Å². The van der Waals surface area contributed by atoms with Crippen LogP contribution in [0.25, 0.3) is 0 Å². The lowest BCUT2D eigenvalue weighted by Crippen LogP contribution is -2.19. The van der Waals surface area contributed by atoms with Crippen LogP contribution >= 0.6 is 22.0 Å². The van der Waals surface area contributed by atoms with Crippen LogP contribution in [0.3, 0.4) is 0 Å². The second-order valence-corrected chi connectivity index (χ2v) is 4.21. The second-order valence-electron chi connectivity index (χ2n) is 1.81. The third kappa shape index (κ3) is 6.87. The van der Waals surface area contributed by atoms with E-state index in [2.05, 4.69) is 11.6 Å². The van der Waals surface area contributed by atoms with E-state index in [1.165, 1.54) is 0 Å². The lowest BCUT2D eigenvalue weighted by Gasteiger charge is -2.35. The standard InChI is InChI=1S/C2ClF8NS/c3-1(2(4,5)6)12-13(7,8,9,10)11. The van der Waals surface area contributed by atoms with Crippen LogP contribution in [0, 0.1) is 0 Å². The Morgan fingerprint density at radius 2 is 1.31 bits per heavy atom. The molecule has 0 aliphatic rings. The van der Waals surface area contributed by atoms with Crippen LogP contribution in [-0.2, 0) is 0 Å². The van der Waals surface area contributed by atoms with Crippen LogP contribution in [0.2, 0.25) is 0 Å². The molecule has 0 saturated heterocycles. The quantitative estimate of drug-likeness (QED) is 0.488. The molecule has 0 aromatic carbocycles. The van der Waals surface area contributed by atoms with Gasteiger partial charge in [-0.05, 0) is 0 Å². The van der Waals surface area contributed by atoms with E-state index >= 15 is 0 Å². The van der Waals surface area contributed by atoms with E-state index in [0.717, 1.165) is 0 Å². The van der Waals surface area contributed by atoms with E-state index in [9.17, 15) is 32.6 Å². The first-order chi connectivity index (χ1) is 5.10. The summed E-state index contributed by atoms with van der Waals surface area (Å²) >= 11 is 3.88. The smallest absolute Gasteiger partial charge is 0.164 e. The highest BCUT2D eigenvalue weighted by Crippen LogP contribution is 2.99. The van der Waals surface area contributed by atoms with Crippen LogP contribution in [0.15, 0.2) is 4.40 Å². The Labute approximate surface area is 71.2 Å². The monoisotopic (exact) mass is 257 g/mol. The zero-order valence-electron chi connectivity index (χ0n) is 5.26. The van der Waals surface area contributed by atoms with Crippen molar-refractivity contribution in [3.63, 3.8) is 0 Å². The normalized spacial score (nSPS) is 20.8. The number of hydrogen-bond acceptors (Lipinski definition) is 1. The summed E-state index contributed by atoms with van der Waals surface area (Å²) in [5.41, 5.74) is 0. The molecular weight excluding hydrogens is 258 g/mol. The van der Waals surface area contributed by atoms with Crippen molar-refractivity contribution in [2.45, 2.75) is 6.18 Å². The average Bonchev–Trinajstić information content (AvgIpc) is 1.51. The van der Waals surface area contributed by atoms with Crippen LogP contribution in [0.1, 0.15) is 0 Å². The fourth-order valence-electron chi connectivity index (χ4n) is 0.203. The van der Waals surface area contributed by atoms with Gasteiger partial charge in [0.25, 0.3) is 0 Å². The van der Waals surface area contributed by atoms with Crippen LogP contribution in [0.4, 0.5) is 32.6 Å². The Morgan fingerprint density at radius 1 is 1.00 bits per heavy atom. The summed E-state index contributed by atoms with van der Waals surface area (Å²) < 4.78 is 90.1. The molecule has 0 amide bonds. The first-order valence-corrected chi connectivity index (χ1v) is 4.47. The van der Waals surface area contributed by atoms with Gasteiger partial charge in [-0.3, -0.25) is 0 Å². The van der Waals surface area contributed by atoms with Gasteiger partial charge in [0.15, 0.2) is 0 Å². The van der Waals surface area contributed by atoms with Crippen molar-refractivity contribution >= 4 is 27.2 Å². The predicted molar refractivity (Wildman–Crippen MR) is 32.5 cm³/mol. The molecule has 0 N–H and O–H groups in total. The van der Waals surface area contributed by atoms with Gasteiger partial charge in [-0.25, -0.2) is 0 Å². The first kappa shape index (κ1) is 12.8. The van der Waals surface area contributed by atoms with Crippen LogP contribution < -0.4 is 0 Å². The van der Waals surface area contributed by atoms with E-state index in [4.69, 9.17) is 0 Å². The van der Waals surface area contributed by atoms with Crippen molar-refractivity contribution in [2.75, 3.05) is 0 Å². The van der Waals surface area contributed by atoms with Crippen molar-refractivity contribution in [1.82, 2.24) is 0 Å². The van der Waals surface area contributed by atoms with E-state index < -0.39 is 21.8 Å². The summed E-state index contributed by atoms with van der Waals surface area (Å²) in [4.78, 5) is 0. The van der Waals surface area contributed by atoms with Gasteiger partial charge in [-0.15, -0.1) is 4.40 Å². The van der Waals surface area contributed by atoms with Crippen molar-refractivity contribution in [3.8, 4) is 0 Å². The van der Waals surface area contributed by atoms with Crippen molar-refractivity contribution in [2.24, 2.45) is 4.40 Å². The van der Waals surface area contributed by atoms with Crippen LogP contribution in [0.5, 0.6) is 0 Å². The van der Waals surface area contributed by atoms with Gasteiger partial charge < -0.3 is 0 Å². The molecule has 0 aromatic rings. The molecule has 0 heterocycles. The maximum atomic E-state index is 11.2. The average molecular weight is 258 g/mol. The summed E-state index contributed by atoms with van der Waals surface area (Å²) in [5.74, 6) is 0. The fourth-order valence-corrected chi connectivity index (χ4v) is 1.00. The third-order valence-electron chi connectivity index (χ3n) is 0.487. The van der Waals surface area contributed by atoms with E-state index in [0.29, 0.717) is 0 Å². The maximum Gasteiger partial charge on any atom is 0.445 e. The zero-order valence-corrected chi connectivity index (χ0v) is 6.83. The molecule has 13 heavy (non-hydrogen) atoms. The molecule has 0 aliphatic heterocycles. The molecule has 1 nitrogen and oxygen atoms in total. The Bertz CT molecular complexity index is 244. The van der Waals surface area contributed by atoms with E-state index in [-0.39, 0.29) is 4.40 Å². The Kier molecular flexibility index (Phi) is 2.17. The Morgan fingerprint density at radius 3 is 1.38 bits per heavy atom. The number of nitrogens with zero attached hydrogens (tertiary/aromatic N) is 1. The molecular formula is C2ClF8NS. The number of halogens is 9. The summed E-state index contributed by atoms with van der Waals surface area (Å²) in [6, 6.07) is 0. The highest BCUT2D eigenvalue weighted by molar-refractivity contribution is 8.44. The molecule has 11 heteroatoms. The molecule has 0 unspecified atom stereocenters. The van der Waals surface area contributed by atoms with E-state index in [1.807, 2.05) is 0 Å². The fraction of sp³-hybridized carbons (Fsp3) is 0.500. The number of alkyl halides is 3. The molecule has 0 spiro atoms. The van der Waals surface area contributed by atoms with Gasteiger partial charge in [-0.1, -0.05) is 31.0 Å². The van der Waals surface area contributed by atoms with Gasteiger partial charge in [-0.2, -0.15) is 13.2 Å². The molecule has 0 atom stereocenters. The molecule has 0 radical (unpaired) electrons. The largest absolute Gasteiger partial charge is 0.445 e. The van der Waals surface area contributed by atoms with Crippen molar-refractivity contribution in [1.29, 1.82) is 0 Å². The number of hydrogen-bond donors (Lipinski definition) is 0.